The zero-order chi connectivity index (χ0) is 20.2. The van der Waals surface area contributed by atoms with Crippen molar-refractivity contribution in [3.8, 4) is 5.75 Å². The van der Waals surface area contributed by atoms with Crippen LogP contribution in [-0.4, -0.2) is 10.2 Å². The number of carbonyl (C=O) groups excluding carboxylic acids is 1. The molecule has 0 radical (unpaired) electrons. The highest BCUT2D eigenvalue weighted by molar-refractivity contribution is 8.27. The molecular weight excluding hydrogens is 398 g/mol. The molecule has 4 rings (SSSR count). The number of nitrogens with zero attached hydrogens (tertiary/aromatic N) is 1. The second-order valence-electron chi connectivity index (χ2n) is 6.66. The van der Waals surface area contributed by atoms with Gasteiger partial charge in [0.25, 0.3) is 5.91 Å². The Kier molecular flexibility index (Phi) is 5.79. The fourth-order valence-corrected chi connectivity index (χ4v) is 4.28. The summed E-state index contributed by atoms with van der Waals surface area (Å²) in [7, 11) is 0. The van der Waals surface area contributed by atoms with Crippen molar-refractivity contribution in [2.75, 3.05) is 4.90 Å². The van der Waals surface area contributed by atoms with Crippen LogP contribution in [0.3, 0.4) is 0 Å². The van der Waals surface area contributed by atoms with Crippen LogP contribution in [0.15, 0.2) is 83.8 Å². The number of aryl methyl sites for hydroxylation is 1. The molecule has 1 heterocycles. The third-order valence-electron chi connectivity index (χ3n) is 4.53. The van der Waals surface area contributed by atoms with Crippen molar-refractivity contribution < 1.29 is 9.53 Å². The lowest BCUT2D eigenvalue weighted by Crippen LogP contribution is -2.27. The van der Waals surface area contributed by atoms with Gasteiger partial charge in [-0.05, 0) is 36.8 Å². The first kappa shape index (κ1) is 19.4. The number of ether oxygens (including phenoxy) is 1. The molecular formula is C24H19NO2S2. The van der Waals surface area contributed by atoms with Gasteiger partial charge in [0, 0.05) is 5.56 Å². The molecule has 3 aromatic rings. The first-order valence-electron chi connectivity index (χ1n) is 9.22. The normalized spacial score (nSPS) is 15.2. The average Bonchev–Trinajstić information content (AvgIpc) is 3.02. The van der Waals surface area contributed by atoms with E-state index in [1.807, 2.05) is 91.9 Å². The summed E-state index contributed by atoms with van der Waals surface area (Å²) in [5, 5.41) is 0. The van der Waals surface area contributed by atoms with Crippen LogP contribution < -0.4 is 9.64 Å². The lowest BCUT2D eigenvalue weighted by Gasteiger charge is -2.14. The van der Waals surface area contributed by atoms with Gasteiger partial charge < -0.3 is 4.74 Å². The van der Waals surface area contributed by atoms with Gasteiger partial charge in [0.05, 0.1) is 10.6 Å². The summed E-state index contributed by atoms with van der Waals surface area (Å²) in [6.45, 7) is 2.48. The molecule has 1 amide bonds. The van der Waals surface area contributed by atoms with Crippen LogP contribution in [0, 0.1) is 6.92 Å². The zero-order valence-electron chi connectivity index (χ0n) is 15.9. The Labute approximate surface area is 180 Å². The van der Waals surface area contributed by atoms with Crippen molar-refractivity contribution in [3.05, 3.63) is 100 Å². The number of carbonyl (C=O) groups is 1. The Morgan fingerprint density at radius 1 is 0.966 bits per heavy atom. The minimum Gasteiger partial charge on any atom is -0.488 e. The van der Waals surface area contributed by atoms with Crippen molar-refractivity contribution in [2.45, 2.75) is 13.5 Å². The molecule has 0 atom stereocenters. The molecule has 144 valence electrons. The molecule has 1 aliphatic rings. The fourth-order valence-electron chi connectivity index (χ4n) is 2.99. The summed E-state index contributed by atoms with van der Waals surface area (Å²) in [5.41, 5.74) is 3.87. The Morgan fingerprint density at radius 2 is 1.66 bits per heavy atom. The molecule has 0 spiro atoms. The van der Waals surface area contributed by atoms with E-state index in [-0.39, 0.29) is 5.91 Å². The highest BCUT2D eigenvalue weighted by atomic mass is 32.2. The van der Waals surface area contributed by atoms with Crippen LogP contribution in [0.5, 0.6) is 5.75 Å². The van der Waals surface area contributed by atoms with Crippen molar-refractivity contribution in [1.82, 2.24) is 0 Å². The van der Waals surface area contributed by atoms with E-state index >= 15 is 0 Å². The largest absolute Gasteiger partial charge is 0.488 e. The van der Waals surface area contributed by atoms with Gasteiger partial charge in [-0.2, -0.15) is 0 Å². The van der Waals surface area contributed by atoms with Gasteiger partial charge >= 0.3 is 0 Å². The average molecular weight is 418 g/mol. The van der Waals surface area contributed by atoms with Gasteiger partial charge in [-0.25, -0.2) is 0 Å². The molecule has 1 aliphatic heterocycles. The van der Waals surface area contributed by atoms with E-state index in [0.717, 1.165) is 28.1 Å². The van der Waals surface area contributed by atoms with Gasteiger partial charge in [-0.1, -0.05) is 90.2 Å². The van der Waals surface area contributed by atoms with E-state index in [0.29, 0.717) is 15.8 Å². The van der Waals surface area contributed by atoms with Crippen molar-refractivity contribution in [2.24, 2.45) is 0 Å². The van der Waals surface area contributed by atoms with Crippen molar-refractivity contribution in [3.63, 3.8) is 0 Å². The van der Waals surface area contributed by atoms with Gasteiger partial charge in [0.15, 0.2) is 4.32 Å². The zero-order valence-corrected chi connectivity index (χ0v) is 17.5. The van der Waals surface area contributed by atoms with Crippen molar-refractivity contribution >= 4 is 46.0 Å². The molecule has 29 heavy (non-hydrogen) atoms. The maximum atomic E-state index is 13.0. The summed E-state index contributed by atoms with van der Waals surface area (Å²) in [5.74, 6) is 0.624. The lowest BCUT2D eigenvalue weighted by atomic mass is 10.1. The van der Waals surface area contributed by atoms with Crippen LogP contribution >= 0.6 is 24.0 Å². The maximum Gasteiger partial charge on any atom is 0.270 e. The second kappa shape index (κ2) is 8.64. The minimum absolute atomic E-state index is 0.110. The van der Waals surface area contributed by atoms with E-state index in [9.17, 15) is 4.79 Å². The molecule has 0 unspecified atom stereocenters. The predicted octanol–water partition coefficient (Wildman–Crippen LogP) is 5.98. The van der Waals surface area contributed by atoms with Gasteiger partial charge in [0.1, 0.15) is 12.4 Å². The second-order valence-corrected chi connectivity index (χ2v) is 8.34. The van der Waals surface area contributed by atoms with Crippen LogP contribution in [0.25, 0.3) is 6.08 Å². The fraction of sp³-hybridized carbons (Fsp3) is 0.0833. The first-order valence-corrected chi connectivity index (χ1v) is 10.4. The molecule has 1 saturated heterocycles. The summed E-state index contributed by atoms with van der Waals surface area (Å²) in [4.78, 5) is 15.2. The number of para-hydroxylation sites is 1. The first-order chi connectivity index (χ1) is 14.1. The van der Waals surface area contributed by atoms with Crippen LogP contribution in [0.4, 0.5) is 5.69 Å². The molecule has 0 aliphatic carbocycles. The van der Waals surface area contributed by atoms with E-state index in [2.05, 4.69) is 0 Å². The predicted molar refractivity (Wildman–Crippen MR) is 124 cm³/mol. The maximum absolute atomic E-state index is 13.0. The lowest BCUT2D eigenvalue weighted by molar-refractivity contribution is -0.113. The Balaban J connectivity index is 1.57. The molecule has 0 aromatic heterocycles. The number of thioether (sulfide) groups is 1. The summed E-state index contributed by atoms with van der Waals surface area (Å²) in [6, 6.07) is 25.5. The number of amides is 1. The van der Waals surface area contributed by atoms with Gasteiger partial charge in [-0.15, -0.1) is 0 Å². The third kappa shape index (κ3) is 4.42. The number of rotatable bonds is 5. The Bertz CT molecular complexity index is 1080. The topological polar surface area (TPSA) is 29.5 Å². The quantitative estimate of drug-likeness (QED) is 0.377. The Hall–Kier alpha value is -2.89. The van der Waals surface area contributed by atoms with Crippen molar-refractivity contribution in [1.29, 1.82) is 0 Å². The number of anilines is 1. The van der Waals surface area contributed by atoms with Crippen LogP contribution in [-0.2, 0) is 11.4 Å². The smallest absolute Gasteiger partial charge is 0.270 e. The Morgan fingerprint density at radius 3 is 2.41 bits per heavy atom. The third-order valence-corrected chi connectivity index (χ3v) is 5.83. The molecule has 1 fully saturated rings. The molecule has 3 aromatic carbocycles. The van der Waals surface area contributed by atoms with Gasteiger partial charge in [-0.3, -0.25) is 9.69 Å². The minimum atomic E-state index is -0.110. The van der Waals surface area contributed by atoms with Crippen LogP contribution in [0.1, 0.15) is 16.7 Å². The molecule has 0 N–H and O–H groups in total. The number of hydrogen-bond donors (Lipinski definition) is 0. The monoisotopic (exact) mass is 417 g/mol. The summed E-state index contributed by atoms with van der Waals surface area (Å²) in [6.07, 6.45) is 1.85. The van der Waals surface area contributed by atoms with Crippen LogP contribution in [0.2, 0.25) is 0 Å². The molecule has 5 heteroatoms. The number of hydrogen-bond acceptors (Lipinski definition) is 4. The summed E-state index contributed by atoms with van der Waals surface area (Å²) >= 11 is 6.78. The standard InChI is InChI=1S/C24H19NO2S2/c1-17-11-13-20(14-12-17)25-23(26)22(29-24(25)28)15-19-9-5-6-10-21(19)27-16-18-7-3-2-4-8-18/h2-15H,16H2,1H3/b22-15+. The summed E-state index contributed by atoms with van der Waals surface area (Å²) < 4.78 is 6.54. The highest BCUT2D eigenvalue weighted by Crippen LogP contribution is 2.37. The molecule has 3 nitrogen and oxygen atoms in total. The SMILES string of the molecule is Cc1ccc(N2C(=O)/C(=C\c3ccccc3OCc3ccccc3)SC2=S)cc1. The van der Waals surface area contributed by atoms with E-state index < -0.39 is 0 Å². The van der Waals surface area contributed by atoms with E-state index in [1.54, 1.807) is 4.90 Å². The number of thiocarbonyl (C=S) groups is 1. The highest BCUT2D eigenvalue weighted by Gasteiger charge is 2.33. The number of benzene rings is 3. The molecule has 0 bridgehead atoms. The van der Waals surface area contributed by atoms with Gasteiger partial charge in [0.2, 0.25) is 0 Å². The van der Waals surface area contributed by atoms with E-state index in [4.69, 9.17) is 17.0 Å². The molecule has 0 saturated carbocycles. The van der Waals surface area contributed by atoms with E-state index in [1.165, 1.54) is 11.8 Å².